The molecule has 1 saturated heterocycles. The average molecular weight is 327 g/mol. The van der Waals surface area contributed by atoms with Crippen molar-refractivity contribution in [2.24, 2.45) is 11.1 Å². The van der Waals surface area contributed by atoms with Gasteiger partial charge in [-0.05, 0) is 26.7 Å². The van der Waals surface area contributed by atoms with E-state index in [4.69, 9.17) is 10.5 Å². The first-order valence-corrected chi connectivity index (χ1v) is 7.88. The van der Waals surface area contributed by atoms with Gasteiger partial charge in [-0.3, -0.25) is 14.9 Å². The molecule has 0 unspecified atom stereocenters. The van der Waals surface area contributed by atoms with Crippen LogP contribution in [0.1, 0.15) is 40.5 Å². The number of amides is 2. The predicted molar refractivity (Wildman–Crippen MR) is 87.3 cm³/mol. The third-order valence-corrected chi connectivity index (χ3v) is 4.05. The fraction of sp³-hybridized carbons (Fsp3) is 0.750. The first-order valence-electron chi connectivity index (χ1n) is 7.88. The monoisotopic (exact) mass is 327 g/mol. The summed E-state index contributed by atoms with van der Waals surface area (Å²) < 4.78 is 5.29. The Morgan fingerprint density at radius 1 is 1.26 bits per heavy atom. The third-order valence-electron chi connectivity index (χ3n) is 4.05. The van der Waals surface area contributed by atoms with E-state index < -0.39 is 22.8 Å². The number of carbonyl (C=O) groups is 2. The zero-order valence-electron chi connectivity index (χ0n) is 14.4. The van der Waals surface area contributed by atoms with Gasteiger partial charge in [0.05, 0.1) is 12.1 Å². The number of hydrogen-bond acceptors (Lipinski definition) is 6. The van der Waals surface area contributed by atoms with Crippen molar-refractivity contribution in [2.45, 2.75) is 52.1 Å². The van der Waals surface area contributed by atoms with Crippen molar-refractivity contribution in [3.8, 4) is 0 Å². The molecule has 23 heavy (non-hydrogen) atoms. The Kier molecular flexibility index (Phi) is 6.73. The maximum Gasteiger partial charge on any atom is 0.252 e. The van der Waals surface area contributed by atoms with Crippen molar-refractivity contribution in [1.82, 2.24) is 10.6 Å². The summed E-state index contributed by atoms with van der Waals surface area (Å²) in [5, 5.41) is 14.8. The molecule has 0 radical (unpaired) electrons. The van der Waals surface area contributed by atoms with Gasteiger partial charge in [-0.1, -0.05) is 13.8 Å². The van der Waals surface area contributed by atoms with Crippen LogP contribution in [0.4, 0.5) is 0 Å². The van der Waals surface area contributed by atoms with Crippen molar-refractivity contribution in [1.29, 1.82) is 0 Å². The Morgan fingerprint density at radius 3 is 2.35 bits per heavy atom. The van der Waals surface area contributed by atoms with Crippen LogP contribution in [0.5, 0.6) is 0 Å². The summed E-state index contributed by atoms with van der Waals surface area (Å²) in [6.07, 6.45) is 2.82. The summed E-state index contributed by atoms with van der Waals surface area (Å²) in [7, 11) is 0. The Labute approximate surface area is 137 Å². The van der Waals surface area contributed by atoms with Gasteiger partial charge in [0, 0.05) is 36.4 Å². The largest absolute Gasteiger partial charge is 0.401 e. The molecule has 1 rings (SSSR count). The highest BCUT2D eigenvalue weighted by atomic mass is 16.5. The Bertz CT molecular complexity index is 466. The molecule has 0 aliphatic carbocycles. The van der Waals surface area contributed by atoms with Crippen LogP contribution in [0, 0.1) is 5.41 Å². The van der Waals surface area contributed by atoms with Gasteiger partial charge in [0.1, 0.15) is 0 Å². The number of aliphatic hydroxyl groups is 1. The quantitative estimate of drug-likeness (QED) is 0.512. The molecule has 1 aliphatic rings. The van der Waals surface area contributed by atoms with E-state index in [1.54, 1.807) is 27.7 Å². The number of imide groups is 1. The van der Waals surface area contributed by atoms with E-state index >= 15 is 0 Å². The number of nitrogens with two attached hydrogens (primary N) is 1. The second-order valence-electron chi connectivity index (χ2n) is 7.12. The molecule has 1 fully saturated rings. The van der Waals surface area contributed by atoms with E-state index in [9.17, 15) is 14.7 Å². The lowest BCUT2D eigenvalue weighted by atomic mass is 9.90. The van der Waals surface area contributed by atoms with Crippen molar-refractivity contribution >= 4 is 11.8 Å². The lowest BCUT2D eigenvalue weighted by Crippen LogP contribution is -2.57. The number of aliphatic hydroxyl groups excluding tert-OH is 1. The fourth-order valence-electron chi connectivity index (χ4n) is 2.15. The first-order chi connectivity index (χ1) is 10.6. The summed E-state index contributed by atoms with van der Waals surface area (Å²) in [5.41, 5.74) is 4.43. The molecular formula is C16H29N3O4. The summed E-state index contributed by atoms with van der Waals surface area (Å²) in [4.78, 5) is 24.3. The first kappa shape index (κ1) is 19.6. The molecule has 0 aromatic rings. The Balaban J connectivity index is 2.62. The van der Waals surface area contributed by atoms with Gasteiger partial charge in [0.2, 0.25) is 5.91 Å². The van der Waals surface area contributed by atoms with Crippen LogP contribution in [0.3, 0.4) is 0 Å². The molecule has 1 aliphatic heterocycles. The van der Waals surface area contributed by atoms with Gasteiger partial charge in [0.25, 0.3) is 5.91 Å². The summed E-state index contributed by atoms with van der Waals surface area (Å²) >= 11 is 0. The van der Waals surface area contributed by atoms with Crippen LogP contribution in [0.15, 0.2) is 11.8 Å². The highest BCUT2D eigenvalue weighted by molar-refractivity contribution is 6.04. The van der Waals surface area contributed by atoms with Gasteiger partial charge >= 0.3 is 0 Å². The van der Waals surface area contributed by atoms with E-state index in [2.05, 4.69) is 10.6 Å². The van der Waals surface area contributed by atoms with Crippen LogP contribution < -0.4 is 16.4 Å². The van der Waals surface area contributed by atoms with E-state index in [0.717, 1.165) is 18.9 Å². The molecule has 1 heterocycles. The van der Waals surface area contributed by atoms with Gasteiger partial charge in [-0.25, -0.2) is 0 Å². The van der Waals surface area contributed by atoms with E-state index in [0.29, 0.717) is 13.2 Å². The second-order valence-corrected chi connectivity index (χ2v) is 7.12. The number of carbonyl (C=O) groups excluding carboxylic acids is 2. The van der Waals surface area contributed by atoms with Gasteiger partial charge in [-0.15, -0.1) is 0 Å². The SMILES string of the molecule is CC(C)(CO)C(N)=CC(=O)NC(=O)C(C)(C)NC1CCOCC1. The maximum atomic E-state index is 12.3. The number of rotatable bonds is 6. The number of hydrogen-bond donors (Lipinski definition) is 4. The van der Waals surface area contributed by atoms with Crippen LogP contribution in [-0.2, 0) is 14.3 Å². The van der Waals surface area contributed by atoms with Crippen LogP contribution in [0.2, 0.25) is 0 Å². The number of nitrogens with one attached hydrogen (secondary N) is 2. The summed E-state index contributed by atoms with van der Waals surface area (Å²) in [6.45, 7) is 8.04. The molecule has 0 aromatic heterocycles. The van der Waals surface area contributed by atoms with Gasteiger partial charge in [0.15, 0.2) is 0 Å². The van der Waals surface area contributed by atoms with Crippen LogP contribution in [0.25, 0.3) is 0 Å². The van der Waals surface area contributed by atoms with E-state index in [-0.39, 0.29) is 18.3 Å². The maximum absolute atomic E-state index is 12.3. The Hall–Kier alpha value is -1.44. The standard InChI is InChI=1S/C16H29N3O4/c1-15(2,10-20)12(17)9-13(21)18-14(22)16(3,4)19-11-5-7-23-8-6-11/h9,11,19-20H,5-8,10,17H2,1-4H3,(H,18,21,22). The minimum Gasteiger partial charge on any atom is -0.401 e. The fourth-order valence-corrected chi connectivity index (χ4v) is 2.15. The topological polar surface area (TPSA) is 114 Å². The molecule has 5 N–H and O–H groups in total. The minimum absolute atomic E-state index is 0.187. The lowest BCUT2D eigenvalue weighted by Gasteiger charge is -2.32. The van der Waals surface area contributed by atoms with Crippen LogP contribution >= 0.6 is 0 Å². The van der Waals surface area contributed by atoms with Crippen molar-refractivity contribution in [3.63, 3.8) is 0 Å². The predicted octanol–water partition coefficient (Wildman–Crippen LogP) is 0.0375. The molecule has 0 saturated carbocycles. The summed E-state index contributed by atoms with van der Waals surface area (Å²) in [5.74, 6) is -1.00. The molecule has 0 bridgehead atoms. The van der Waals surface area contributed by atoms with E-state index in [1.807, 2.05) is 0 Å². The molecule has 7 nitrogen and oxygen atoms in total. The van der Waals surface area contributed by atoms with Crippen molar-refractivity contribution < 1.29 is 19.4 Å². The smallest absolute Gasteiger partial charge is 0.252 e. The molecular weight excluding hydrogens is 298 g/mol. The highest BCUT2D eigenvalue weighted by Crippen LogP contribution is 2.20. The van der Waals surface area contributed by atoms with E-state index in [1.165, 1.54) is 0 Å². The minimum atomic E-state index is -0.882. The average Bonchev–Trinajstić information content (AvgIpc) is 2.47. The summed E-state index contributed by atoms with van der Waals surface area (Å²) in [6, 6.07) is 0.188. The third kappa shape index (κ3) is 5.93. The molecule has 7 heteroatoms. The second kappa shape index (κ2) is 7.90. The molecule has 0 aromatic carbocycles. The lowest BCUT2D eigenvalue weighted by molar-refractivity contribution is -0.132. The van der Waals surface area contributed by atoms with Gasteiger partial charge in [-0.2, -0.15) is 0 Å². The van der Waals surface area contributed by atoms with Crippen molar-refractivity contribution in [3.05, 3.63) is 11.8 Å². The van der Waals surface area contributed by atoms with Crippen molar-refractivity contribution in [2.75, 3.05) is 19.8 Å². The molecule has 132 valence electrons. The molecule has 2 amide bonds. The molecule has 0 spiro atoms. The number of ether oxygens (including phenoxy) is 1. The molecule has 0 atom stereocenters. The highest BCUT2D eigenvalue weighted by Gasteiger charge is 2.32. The zero-order chi connectivity index (χ0) is 17.7. The normalized spacial score (nSPS) is 17.9. The Morgan fingerprint density at radius 2 is 1.83 bits per heavy atom. The van der Waals surface area contributed by atoms with Crippen LogP contribution in [-0.4, -0.2) is 48.3 Å². The van der Waals surface area contributed by atoms with Gasteiger partial charge < -0.3 is 20.9 Å². The zero-order valence-corrected chi connectivity index (χ0v) is 14.4.